The van der Waals surface area contributed by atoms with Crippen molar-refractivity contribution >= 4 is 11.9 Å². The van der Waals surface area contributed by atoms with Gasteiger partial charge < -0.3 is 19.9 Å². The second-order valence-corrected chi connectivity index (χ2v) is 5.07. The quantitative estimate of drug-likeness (QED) is 0.510. The van der Waals surface area contributed by atoms with Crippen molar-refractivity contribution in [1.82, 2.24) is 5.32 Å². The van der Waals surface area contributed by atoms with Crippen LogP contribution in [0.25, 0.3) is 0 Å². The molecule has 0 heterocycles. The minimum Gasteiger partial charge on any atom is -0.482 e. The number of nitrogens with one attached hydrogen (secondary N) is 1. The van der Waals surface area contributed by atoms with Gasteiger partial charge in [-0.2, -0.15) is 0 Å². The van der Waals surface area contributed by atoms with Gasteiger partial charge in [-0.05, 0) is 38.0 Å². The van der Waals surface area contributed by atoms with Crippen molar-refractivity contribution in [1.29, 1.82) is 0 Å². The van der Waals surface area contributed by atoms with E-state index in [1.165, 1.54) is 0 Å². The number of rotatable bonds is 10. The summed E-state index contributed by atoms with van der Waals surface area (Å²) in [6.07, 6.45) is 1.90. The van der Waals surface area contributed by atoms with Crippen LogP contribution in [0.5, 0.6) is 5.75 Å². The Kier molecular flexibility index (Phi) is 7.83. The fraction of sp³-hybridized carbons (Fsp3) is 0.412. The molecule has 0 aliphatic carbocycles. The Bertz CT molecular complexity index is 526. The van der Waals surface area contributed by atoms with E-state index in [1.807, 2.05) is 6.92 Å². The summed E-state index contributed by atoms with van der Waals surface area (Å²) in [6.45, 7) is 7.24. The van der Waals surface area contributed by atoms with E-state index in [0.717, 1.165) is 5.56 Å². The zero-order valence-corrected chi connectivity index (χ0v) is 13.5. The maximum atomic E-state index is 12.0. The highest BCUT2D eigenvalue weighted by Crippen LogP contribution is 2.17. The number of carboxylic acid groups (broad SMARTS) is 1. The van der Waals surface area contributed by atoms with Crippen LogP contribution in [0.1, 0.15) is 31.9 Å². The molecule has 1 rings (SSSR count). The predicted octanol–water partition coefficient (Wildman–Crippen LogP) is 2.31. The maximum absolute atomic E-state index is 12.0. The number of hydrogen-bond acceptors (Lipinski definition) is 4. The third kappa shape index (κ3) is 6.97. The van der Waals surface area contributed by atoms with Gasteiger partial charge in [-0.25, -0.2) is 4.79 Å². The Morgan fingerprint density at radius 3 is 2.52 bits per heavy atom. The Labute approximate surface area is 136 Å². The first-order valence-electron chi connectivity index (χ1n) is 7.41. The fourth-order valence-electron chi connectivity index (χ4n) is 1.82. The second kappa shape index (κ2) is 9.63. The molecule has 6 heteroatoms. The molecule has 0 aliphatic heterocycles. The summed E-state index contributed by atoms with van der Waals surface area (Å²) in [5.74, 6) is -0.747. The van der Waals surface area contributed by atoms with E-state index in [4.69, 9.17) is 14.6 Å². The molecule has 1 amide bonds. The minimum absolute atomic E-state index is 0.187. The first kappa shape index (κ1) is 18.7. The molecule has 0 fully saturated rings. The summed E-state index contributed by atoms with van der Waals surface area (Å²) in [7, 11) is 0. The molecule has 2 N–H and O–H groups in total. The molecule has 0 radical (unpaired) electrons. The number of carbonyl (C=O) groups excluding carboxylic acids is 1. The van der Waals surface area contributed by atoms with E-state index in [-0.39, 0.29) is 18.6 Å². The van der Waals surface area contributed by atoms with Crippen molar-refractivity contribution in [3.05, 3.63) is 42.5 Å². The van der Waals surface area contributed by atoms with Crippen LogP contribution in [-0.4, -0.2) is 36.3 Å². The smallest absolute Gasteiger partial charge is 0.341 e. The SMILES string of the molecule is C=CCCOC(C)C(=O)NC(C)c1ccc(OCC(=O)O)cc1. The van der Waals surface area contributed by atoms with E-state index in [9.17, 15) is 9.59 Å². The van der Waals surface area contributed by atoms with Gasteiger partial charge in [-0.15, -0.1) is 6.58 Å². The lowest BCUT2D eigenvalue weighted by molar-refractivity contribution is -0.139. The first-order valence-corrected chi connectivity index (χ1v) is 7.41. The molecule has 0 aliphatic rings. The van der Waals surface area contributed by atoms with E-state index >= 15 is 0 Å². The molecule has 0 bridgehead atoms. The molecule has 23 heavy (non-hydrogen) atoms. The molecule has 0 spiro atoms. The average Bonchev–Trinajstić information content (AvgIpc) is 2.53. The molecule has 1 aromatic carbocycles. The molecule has 126 valence electrons. The van der Waals surface area contributed by atoms with Crippen LogP contribution in [0.15, 0.2) is 36.9 Å². The van der Waals surface area contributed by atoms with Crippen LogP contribution in [0.2, 0.25) is 0 Å². The average molecular weight is 321 g/mol. The number of benzene rings is 1. The molecule has 6 nitrogen and oxygen atoms in total. The molecular formula is C17H23NO5. The summed E-state index contributed by atoms with van der Waals surface area (Å²) in [4.78, 5) is 22.5. The van der Waals surface area contributed by atoms with Crippen molar-refractivity contribution in [2.45, 2.75) is 32.4 Å². The molecule has 0 aromatic heterocycles. The summed E-state index contributed by atoms with van der Waals surface area (Å²) < 4.78 is 10.5. The standard InChI is InChI=1S/C17H23NO5/c1-4-5-10-22-13(3)17(21)18-12(2)14-6-8-15(9-7-14)23-11-16(19)20/h4,6-9,12-13H,1,5,10-11H2,2-3H3,(H,18,21)(H,19,20). The van der Waals surface area contributed by atoms with E-state index in [2.05, 4.69) is 11.9 Å². The van der Waals surface area contributed by atoms with Gasteiger partial charge in [-0.1, -0.05) is 18.2 Å². The van der Waals surface area contributed by atoms with Gasteiger partial charge in [0, 0.05) is 0 Å². The topological polar surface area (TPSA) is 84.9 Å². The lowest BCUT2D eigenvalue weighted by atomic mass is 10.1. The summed E-state index contributed by atoms with van der Waals surface area (Å²) in [6, 6.07) is 6.72. The summed E-state index contributed by atoms with van der Waals surface area (Å²) in [5.41, 5.74) is 0.888. The van der Waals surface area contributed by atoms with E-state index < -0.39 is 12.1 Å². The highest BCUT2D eigenvalue weighted by molar-refractivity contribution is 5.80. The zero-order chi connectivity index (χ0) is 17.2. The molecule has 1 aromatic rings. The lowest BCUT2D eigenvalue weighted by Crippen LogP contribution is -2.36. The highest BCUT2D eigenvalue weighted by Gasteiger charge is 2.16. The highest BCUT2D eigenvalue weighted by atomic mass is 16.5. The van der Waals surface area contributed by atoms with Gasteiger partial charge in [0.05, 0.1) is 12.6 Å². The fourth-order valence-corrected chi connectivity index (χ4v) is 1.82. The number of carbonyl (C=O) groups is 2. The Morgan fingerprint density at radius 2 is 1.96 bits per heavy atom. The molecule has 2 atom stereocenters. The minimum atomic E-state index is -1.03. The predicted molar refractivity (Wildman–Crippen MR) is 86.4 cm³/mol. The van der Waals surface area contributed by atoms with Crippen molar-refractivity contribution in [2.75, 3.05) is 13.2 Å². The number of hydrogen-bond donors (Lipinski definition) is 2. The largest absolute Gasteiger partial charge is 0.482 e. The van der Waals surface area contributed by atoms with Gasteiger partial charge in [0.15, 0.2) is 6.61 Å². The normalized spacial score (nSPS) is 13.0. The van der Waals surface area contributed by atoms with Gasteiger partial charge >= 0.3 is 5.97 Å². The lowest BCUT2D eigenvalue weighted by Gasteiger charge is -2.18. The van der Waals surface area contributed by atoms with Gasteiger partial charge in [0.2, 0.25) is 5.91 Å². The van der Waals surface area contributed by atoms with Crippen LogP contribution in [0.4, 0.5) is 0 Å². The number of amides is 1. The third-order valence-corrected chi connectivity index (χ3v) is 3.16. The summed E-state index contributed by atoms with van der Waals surface area (Å²) >= 11 is 0. The van der Waals surface area contributed by atoms with Gasteiger partial charge in [-0.3, -0.25) is 4.79 Å². The van der Waals surface area contributed by atoms with Crippen LogP contribution in [0, 0.1) is 0 Å². The van der Waals surface area contributed by atoms with Crippen molar-refractivity contribution in [3.8, 4) is 5.75 Å². The Morgan fingerprint density at radius 1 is 1.30 bits per heavy atom. The number of carboxylic acids is 1. The van der Waals surface area contributed by atoms with Crippen LogP contribution in [-0.2, 0) is 14.3 Å². The molecule has 2 unspecified atom stereocenters. The first-order chi connectivity index (χ1) is 10.9. The van der Waals surface area contributed by atoms with Crippen molar-refractivity contribution < 1.29 is 24.2 Å². The molecular weight excluding hydrogens is 298 g/mol. The van der Waals surface area contributed by atoms with E-state index in [0.29, 0.717) is 18.8 Å². The summed E-state index contributed by atoms with van der Waals surface area (Å²) in [5, 5.41) is 11.4. The third-order valence-electron chi connectivity index (χ3n) is 3.16. The maximum Gasteiger partial charge on any atom is 0.341 e. The van der Waals surface area contributed by atoms with Crippen LogP contribution >= 0.6 is 0 Å². The van der Waals surface area contributed by atoms with Gasteiger partial charge in [0.25, 0.3) is 0 Å². The Hall–Kier alpha value is -2.34. The molecule has 0 saturated heterocycles. The number of aliphatic carboxylic acids is 1. The van der Waals surface area contributed by atoms with Crippen molar-refractivity contribution in [3.63, 3.8) is 0 Å². The van der Waals surface area contributed by atoms with Crippen LogP contribution in [0.3, 0.4) is 0 Å². The second-order valence-electron chi connectivity index (χ2n) is 5.07. The monoisotopic (exact) mass is 321 g/mol. The Balaban J connectivity index is 2.50. The van der Waals surface area contributed by atoms with Gasteiger partial charge in [0.1, 0.15) is 11.9 Å². The zero-order valence-electron chi connectivity index (χ0n) is 13.5. The van der Waals surface area contributed by atoms with Crippen LogP contribution < -0.4 is 10.1 Å². The number of ether oxygens (including phenoxy) is 2. The molecule has 0 saturated carbocycles. The van der Waals surface area contributed by atoms with E-state index in [1.54, 1.807) is 37.3 Å². The van der Waals surface area contributed by atoms with Crippen molar-refractivity contribution in [2.24, 2.45) is 0 Å².